The van der Waals surface area contributed by atoms with Gasteiger partial charge < -0.3 is 20.1 Å². The van der Waals surface area contributed by atoms with E-state index in [1.165, 1.54) is 5.56 Å². The third-order valence-electron chi connectivity index (χ3n) is 3.44. The van der Waals surface area contributed by atoms with Crippen molar-refractivity contribution in [2.45, 2.75) is 25.5 Å². The Morgan fingerprint density at radius 3 is 2.79 bits per heavy atom. The van der Waals surface area contributed by atoms with Gasteiger partial charge in [-0.3, -0.25) is 0 Å². The predicted molar refractivity (Wildman–Crippen MR) is 76.6 cm³/mol. The number of ether oxygens (including phenoxy) is 2. The molecule has 2 unspecified atom stereocenters. The van der Waals surface area contributed by atoms with E-state index in [0.29, 0.717) is 12.6 Å². The van der Waals surface area contributed by atoms with Crippen molar-refractivity contribution in [3.8, 4) is 5.75 Å². The highest BCUT2D eigenvalue weighted by atomic mass is 16.5. The molecule has 2 rings (SSSR count). The molecule has 0 bridgehead atoms. The molecule has 1 fully saturated rings. The minimum absolute atomic E-state index is 0.290. The highest BCUT2D eigenvalue weighted by Crippen LogP contribution is 2.22. The second-order valence-electron chi connectivity index (χ2n) is 4.78. The molecule has 1 aliphatic rings. The molecular weight excluding hydrogens is 240 g/mol. The second-order valence-corrected chi connectivity index (χ2v) is 4.78. The Kier molecular flexibility index (Phi) is 5.63. The fourth-order valence-corrected chi connectivity index (χ4v) is 2.42. The summed E-state index contributed by atoms with van der Waals surface area (Å²) in [5.74, 6) is 0.927. The molecule has 1 saturated heterocycles. The van der Waals surface area contributed by atoms with Crippen molar-refractivity contribution in [2.24, 2.45) is 0 Å². The van der Waals surface area contributed by atoms with Gasteiger partial charge in [0.2, 0.25) is 0 Å². The average molecular weight is 264 g/mol. The van der Waals surface area contributed by atoms with E-state index in [0.717, 1.165) is 31.9 Å². The highest BCUT2D eigenvalue weighted by Gasteiger charge is 2.19. The molecule has 1 aromatic rings. The molecule has 0 saturated carbocycles. The van der Waals surface area contributed by atoms with Crippen molar-refractivity contribution in [2.75, 3.05) is 33.4 Å². The van der Waals surface area contributed by atoms with Crippen molar-refractivity contribution in [3.63, 3.8) is 0 Å². The van der Waals surface area contributed by atoms with Crippen LogP contribution in [0.2, 0.25) is 0 Å². The van der Waals surface area contributed by atoms with Crippen LogP contribution in [0.1, 0.15) is 24.9 Å². The lowest BCUT2D eigenvalue weighted by Gasteiger charge is -2.27. The molecular formula is C15H24N2O2. The first-order valence-corrected chi connectivity index (χ1v) is 7.05. The van der Waals surface area contributed by atoms with Crippen LogP contribution in [-0.2, 0) is 4.74 Å². The van der Waals surface area contributed by atoms with Crippen LogP contribution < -0.4 is 15.4 Å². The van der Waals surface area contributed by atoms with Crippen LogP contribution in [0.4, 0.5) is 0 Å². The van der Waals surface area contributed by atoms with E-state index in [1.807, 2.05) is 26.1 Å². The van der Waals surface area contributed by atoms with Gasteiger partial charge in [0.25, 0.3) is 0 Å². The van der Waals surface area contributed by atoms with Gasteiger partial charge in [-0.15, -0.1) is 0 Å². The first kappa shape index (κ1) is 14.3. The largest absolute Gasteiger partial charge is 0.494 e. The van der Waals surface area contributed by atoms with E-state index in [4.69, 9.17) is 9.47 Å². The molecule has 0 spiro atoms. The van der Waals surface area contributed by atoms with E-state index in [1.54, 1.807) is 0 Å². The fraction of sp³-hybridized carbons (Fsp3) is 0.600. The maximum atomic E-state index is 5.77. The lowest BCUT2D eigenvalue weighted by atomic mass is 10.00. The average Bonchev–Trinajstić information content (AvgIpc) is 2.47. The molecule has 4 heteroatoms. The van der Waals surface area contributed by atoms with Crippen LogP contribution in [0.5, 0.6) is 5.75 Å². The maximum absolute atomic E-state index is 5.77. The molecule has 4 nitrogen and oxygen atoms in total. The zero-order chi connectivity index (χ0) is 13.5. The molecule has 0 aliphatic carbocycles. The summed E-state index contributed by atoms with van der Waals surface area (Å²) in [6.45, 7) is 5.41. The van der Waals surface area contributed by atoms with Crippen molar-refractivity contribution in [1.82, 2.24) is 10.6 Å². The van der Waals surface area contributed by atoms with Crippen LogP contribution in [-0.4, -0.2) is 39.5 Å². The first-order valence-electron chi connectivity index (χ1n) is 7.05. The molecule has 1 heterocycles. The normalized spacial score (nSPS) is 21.1. The van der Waals surface area contributed by atoms with Gasteiger partial charge in [-0.2, -0.15) is 0 Å². The monoisotopic (exact) mass is 264 g/mol. The summed E-state index contributed by atoms with van der Waals surface area (Å²) in [6.07, 6.45) is 1.27. The van der Waals surface area contributed by atoms with Crippen LogP contribution in [0.3, 0.4) is 0 Å². The third kappa shape index (κ3) is 4.20. The van der Waals surface area contributed by atoms with Crippen molar-refractivity contribution in [1.29, 1.82) is 0 Å². The van der Waals surface area contributed by atoms with Crippen molar-refractivity contribution >= 4 is 0 Å². The summed E-state index contributed by atoms with van der Waals surface area (Å²) < 4.78 is 11.2. The summed E-state index contributed by atoms with van der Waals surface area (Å²) in [5.41, 5.74) is 1.28. The Balaban J connectivity index is 1.95. The van der Waals surface area contributed by atoms with Gasteiger partial charge in [0.1, 0.15) is 5.75 Å². The number of rotatable bonds is 6. The molecule has 0 aromatic heterocycles. The SMILES string of the molecule is CCOc1ccc(C(CC2CNCCO2)NC)cc1. The second kappa shape index (κ2) is 7.48. The molecule has 1 aliphatic heterocycles. The van der Waals surface area contributed by atoms with E-state index < -0.39 is 0 Å². The lowest BCUT2D eigenvalue weighted by Crippen LogP contribution is -2.40. The summed E-state index contributed by atoms with van der Waals surface area (Å²) in [5, 5.41) is 6.74. The Bertz CT molecular complexity index is 361. The van der Waals surface area contributed by atoms with Gasteiger partial charge in [0.15, 0.2) is 0 Å². The van der Waals surface area contributed by atoms with Crippen molar-refractivity contribution < 1.29 is 9.47 Å². The van der Waals surface area contributed by atoms with E-state index in [-0.39, 0.29) is 6.10 Å². The number of hydrogen-bond acceptors (Lipinski definition) is 4. The number of benzene rings is 1. The smallest absolute Gasteiger partial charge is 0.119 e. The Hall–Kier alpha value is -1.10. The van der Waals surface area contributed by atoms with E-state index >= 15 is 0 Å². The maximum Gasteiger partial charge on any atom is 0.119 e. The zero-order valence-electron chi connectivity index (χ0n) is 11.8. The molecule has 1 aromatic carbocycles. The molecule has 0 radical (unpaired) electrons. The van der Waals surface area contributed by atoms with Gasteiger partial charge in [0.05, 0.1) is 19.3 Å². The Morgan fingerprint density at radius 2 is 2.21 bits per heavy atom. The predicted octanol–water partition coefficient (Wildman–Crippen LogP) is 1.72. The molecule has 2 N–H and O–H groups in total. The topological polar surface area (TPSA) is 42.5 Å². The zero-order valence-corrected chi connectivity index (χ0v) is 11.8. The third-order valence-corrected chi connectivity index (χ3v) is 3.44. The number of nitrogens with one attached hydrogen (secondary N) is 2. The van der Waals surface area contributed by atoms with Crippen LogP contribution in [0, 0.1) is 0 Å². The quantitative estimate of drug-likeness (QED) is 0.821. The lowest BCUT2D eigenvalue weighted by molar-refractivity contribution is 0.0176. The molecule has 106 valence electrons. The minimum atomic E-state index is 0.290. The van der Waals surface area contributed by atoms with E-state index in [9.17, 15) is 0 Å². The number of morpholine rings is 1. The number of hydrogen-bond donors (Lipinski definition) is 2. The summed E-state index contributed by atoms with van der Waals surface area (Å²) in [7, 11) is 2.00. The Labute approximate surface area is 115 Å². The molecule has 2 atom stereocenters. The molecule has 0 amide bonds. The summed E-state index contributed by atoms with van der Waals surface area (Å²) in [4.78, 5) is 0. The first-order chi connectivity index (χ1) is 9.33. The Morgan fingerprint density at radius 1 is 1.42 bits per heavy atom. The standard InChI is InChI=1S/C15H24N2O2/c1-3-18-13-6-4-12(5-7-13)15(16-2)10-14-11-17-8-9-19-14/h4-7,14-17H,3,8-11H2,1-2H3. The highest BCUT2D eigenvalue weighted by molar-refractivity contribution is 5.29. The van der Waals surface area contributed by atoms with Gasteiger partial charge >= 0.3 is 0 Å². The van der Waals surface area contributed by atoms with Crippen LogP contribution >= 0.6 is 0 Å². The van der Waals surface area contributed by atoms with Gasteiger partial charge in [-0.05, 0) is 38.1 Å². The minimum Gasteiger partial charge on any atom is -0.494 e. The fourth-order valence-electron chi connectivity index (χ4n) is 2.42. The van der Waals surface area contributed by atoms with E-state index in [2.05, 4.69) is 22.8 Å². The van der Waals surface area contributed by atoms with Gasteiger partial charge in [-0.25, -0.2) is 0 Å². The summed E-state index contributed by atoms with van der Waals surface area (Å²) >= 11 is 0. The van der Waals surface area contributed by atoms with Crippen molar-refractivity contribution in [3.05, 3.63) is 29.8 Å². The summed E-state index contributed by atoms with van der Waals surface area (Å²) in [6, 6.07) is 8.64. The van der Waals surface area contributed by atoms with Crippen LogP contribution in [0.25, 0.3) is 0 Å². The van der Waals surface area contributed by atoms with Crippen LogP contribution in [0.15, 0.2) is 24.3 Å². The molecule has 19 heavy (non-hydrogen) atoms. The van der Waals surface area contributed by atoms with Gasteiger partial charge in [0, 0.05) is 19.1 Å². The van der Waals surface area contributed by atoms with Gasteiger partial charge in [-0.1, -0.05) is 12.1 Å².